The van der Waals surface area contributed by atoms with Crippen molar-refractivity contribution >= 4 is 17.7 Å². The van der Waals surface area contributed by atoms with E-state index >= 15 is 0 Å². The lowest BCUT2D eigenvalue weighted by molar-refractivity contribution is -0.137. The molecule has 0 heterocycles. The minimum atomic E-state index is -0.917. The van der Waals surface area contributed by atoms with E-state index in [4.69, 9.17) is 0 Å². The number of methoxy groups -OCH3 is 1. The highest BCUT2D eigenvalue weighted by atomic mass is 32.2. The van der Waals surface area contributed by atoms with Crippen molar-refractivity contribution in [2.45, 2.75) is 12.5 Å². The van der Waals surface area contributed by atoms with Gasteiger partial charge in [-0.1, -0.05) is 30.3 Å². The molecule has 88 valence electrons. The monoisotopic (exact) mass is 240 g/mol. The number of hydrogen-bond donors (Lipinski definition) is 1. The van der Waals surface area contributed by atoms with Crippen molar-refractivity contribution < 1.29 is 14.6 Å². The molecule has 1 N–H and O–H groups in total. The molecular weight excluding hydrogens is 224 g/mol. The maximum atomic E-state index is 10.9. The van der Waals surface area contributed by atoms with Gasteiger partial charge >= 0.3 is 5.97 Å². The van der Waals surface area contributed by atoms with Crippen molar-refractivity contribution in [2.24, 2.45) is 0 Å². The van der Waals surface area contributed by atoms with E-state index in [0.29, 0.717) is 5.75 Å². The largest absolute Gasteiger partial charge is 0.468 e. The van der Waals surface area contributed by atoms with Crippen LogP contribution in [0.2, 0.25) is 0 Å². The molecule has 0 saturated carbocycles. The van der Waals surface area contributed by atoms with Crippen molar-refractivity contribution in [2.75, 3.05) is 18.6 Å². The second-order valence-electron chi connectivity index (χ2n) is 3.71. The standard InChI is InChI=1S/C12H16O3S/c1-12(14,9-16-8-11(13)15-2)10-6-4-3-5-7-10/h3-7,14H,8-9H2,1-2H3. The van der Waals surface area contributed by atoms with Gasteiger partial charge in [-0.2, -0.15) is 0 Å². The molecule has 1 aromatic rings. The zero-order chi connectivity index (χ0) is 12.0. The Labute approximate surface area is 99.8 Å². The van der Waals surface area contributed by atoms with Crippen LogP contribution in [0.25, 0.3) is 0 Å². The second-order valence-corrected chi connectivity index (χ2v) is 4.69. The maximum absolute atomic E-state index is 10.9. The van der Waals surface area contributed by atoms with Crippen LogP contribution in [0.5, 0.6) is 0 Å². The Balaban J connectivity index is 2.49. The summed E-state index contributed by atoms with van der Waals surface area (Å²) in [5.74, 6) is 0.458. The molecule has 0 bridgehead atoms. The molecule has 0 fully saturated rings. The van der Waals surface area contributed by atoms with Crippen LogP contribution >= 0.6 is 11.8 Å². The van der Waals surface area contributed by atoms with Gasteiger partial charge in [0.1, 0.15) is 0 Å². The first-order chi connectivity index (χ1) is 7.56. The molecule has 1 rings (SSSR count). The van der Waals surface area contributed by atoms with Crippen LogP contribution in [0.15, 0.2) is 30.3 Å². The van der Waals surface area contributed by atoms with Crippen LogP contribution in [0, 0.1) is 0 Å². The van der Waals surface area contributed by atoms with Crippen LogP contribution in [-0.2, 0) is 15.1 Å². The lowest BCUT2D eigenvalue weighted by Crippen LogP contribution is -2.25. The molecule has 1 unspecified atom stereocenters. The summed E-state index contributed by atoms with van der Waals surface area (Å²) in [5.41, 5.74) is -0.0627. The Morgan fingerprint density at radius 3 is 2.62 bits per heavy atom. The van der Waals surface area contributed by atoms with Gasteiger partial charge in [0.15, 0.2) is 0 Å². The lowest BCUT2D eigenvalue weighted by atomic mass is 9.99. The van der Waals surface area contributed by atoms with E-state index in [1.165, 1.54) is 18.9 Å². The van der Waals surface area contributed by atoms with Crippen LogP contribution in [0.4, 0.5) is 0 Å². The molecule has 16 heavy (non-hydrogen) atoms. The van der Waals surface area contributed by atoms with Crippen molar-refractivity contribution in [3.05, 3.63) is 35.9 Å². The summed E-state index contributed by atoms with van der Waals surface area (Å²) in [6.45, 7) is 1.74. The predicted octanol–water partition coefficient (Wildman–Crippen LogP) is 1.80. The number of carbonyl (C=O) groups excluding carboxylic acids is 1. The highest BCUT2D eigenvalue weighted by molar-refractivity contribution is 7.99. The molecule has 0 aliphatic rings. The molecule has 0 saturated heterocycles. The summed E-state index contributed by atoms with van der Waals surface area (Å²) in [5, 5.41) is 10.2. The highest BCUT2D eigenvalue weighted by Gasteiger charge is 2.22. The molecule has 0 amide bonds. The summed E-state index contributed by atoms with van der Waals surface area (Å²) < 4.78 is 4.53. The van der Waals surface area contributed by atoms with Gasteiger partial charge in [-0.25, -0.2) is 0 Å². The van der Waals surface area contributed by atoms with Gasteiger partial charge in [-0.05, 0) is 12.5 Å². The molecule has 1 aromatic carbocycles. The topological polar surface area (TPSA) is 46.5 Å². The number of benzene rings is 1. The first-order valence-electron chi connectivity index (χ1n) is 4.99. The zero-order valence-corrected chi connectivity index (χ0v) is 10.3. The van der Waals surface area contributed by atoms with Gasteiger partial charge in [0, 0.05) is 5.75 Å². The smallest absolute Gasteiger partial charge is 0.315 e. The van der Waals surface area contributed by atoms with E-state index in [1.807, 2.05) is 30.3 Å². The third kappa shape index (κ3) is 3.87. The predicted molar refractivity (Wildman–Crippen MR) is 65.4 cm³/mol. The van der Waals surface area contributed by atoms with E-state index in [1.54, 1.807) is 6.92 Å². The lowest BCUT2D eigenvalue weighted by Gasteiger charge is -2.23. The van der Waals surface area contributed by atoms with Crippen LogP contribution < -0.4 is 0 Å². The summed E-state index contributed by atoms with van der Waals surface area (Å²) >= 11 is 1.36. The molecule has 3 nitrogen and oxygen atoms in total. The van der Waals surface area contributed by atoms with Gasteiger partial charge in [-0.15, -0.1) is 11.8 Å². The maximum Gasteiger partial charge on any atom is 0.315 e. The Kier molecular flexibility index (Phi) is 4.83. The number of thioether (sulfide) groups is 1. The number of hydrogen-bond acceptors (Lipinski definition) is 4. The third-order valence-electron chi connectivity index (χ3n) is 2.23. The summed E-state index contributed by atoms with van der Waals surface area (Å²) in [6.07, 6.45) is 0. The number of esters is 1. The van der Waals surface area contributed by atoms with Crippen LogP contribution in [-0.4, -0.2) is 29.7 Å². The third-order valence-corrected chi connectivity index (χ3v) is 3.43. The number of carbonyl (C=O) groups is 1. The Morgan fingerprint density at radius 1 is 1.44 bits per heavy atom. The quantitative estimate of drug-likeness (QED) is 0.797. The second kappa shape index (κ2) is 5.92. The number of rotatable bonds is 5. The van der Waals surface area contributed by atoms with Crippen LogP contribution in [0.1, 0.15) is 12.5 Å². The normalized spacial score (nSPS) is 14.2. The van der Waals surface area contributed by atoms with E-state index in [2.05, 4.69) is 4.74 Å². The van der Waals surface area contributed by atoms with Crippen molar-refractivity contribution in [3.63, 3.8) is 0 Å². The SMILES string of the molecule is COC(=O)CSCC(C)(O)c1ccccc1. The molecular formula is C12H16O3S. The van der Waals surface area contributed by atoms with Crippen molar-refractivity contribution in [3.8, 4) is 0 Å². The average Bonchev–Trinajstić information content (AvgIpc) is 2.30. The van der Waals surface area contributed by atoms with E-state index in [-0.39, 0.29) is 11.7 Å². The van der Waals surface area contributed by atoms with Gasteiger partial charge in [-0.3, -0.25) is 4.79 Å². The van der Waals surface area contributed by atoms with Gasteiger partial charge in [0.05, 0.1) is 18.5 Å². The minimum Gasteiger partial charge on any atom is -0.468 e. The zero-order valence-electron chi connectivity index (χ0n) is 9.47. The average molecular weight is 240 g/mol. The molecule has 0 radical (unpaired) electrons. The minimum absolute atomic E-state index is 0.263. The molecule has 0 aliphatic carbocycles. The van der Waals surface area contributed by atoms with E-state index < -0.39 is 5.60 Å². The molecule has 0 aliphatic heterocycles. The van der Waals surface area contributed by atoms with Crippen molar-refractivity contribution in [1.82, 2.24) is 0 Å². The Bertz CT molecular complexity index is 335. The van der Waals surface area contributed by atoms with Gasteiger partial charge < -0.3 is 9.84 Å². The first kappa shape index (κ1) is 13.1. The van der Waals surface area contributed by atoms with E-state index in [0.717, 1.165) is 5.56 Å². The van der Waals surface area contributed by atoms with Crippen molar-refractivity contribution in [1.29, 1.82) is 0 Å². The summed E-state index contributed by atoms with van der Waals surface area (Å²) in [7, 11) is 1.36. The molecule has 4 heteroatoms. The van der Waals surface area contributed by atoms with Gasteiger partial charge in [0.2, 0.25) is 0 Å². The summed E-state index contributed by atoms with van der Waals surface area (Å²) in [6, 6.07) is 9.42. The van der Waals surface area contributed by atoms with Gasteiger partial charge in [0.25, 0.3) is 0 Å². The van der Waals surface area contributed by atoms with E-state index in [9.17, 15) is 9.90 Å². The number of ether oxygens (including phenoxy) is 1. The fourth-order valence-corrected chi connectivity index (χ4v) is 2.22. The fraction of sp³-hybridized carbons (Fsp3) is 0.417. The summed E-state index contributed by atoms with van der Waals surface area (Å²) in [4.78, 5) is 10.9. The Hall–Kier alpha value is -1.00. The number of aliphatic hydroxyl groups is 1. The fourth-order valence-electron chi connectivity index (χ4n) is 1.27. The Morgan fingerprint density at radius 2 is 2.06 bits per heavy atom. The first-order valence-corrected chi connectivity index (χ1v) is 6.14. The molecule has 0 spiro atoms. The molecule has 1 atom stereocenters. The van der Waals surface area contributed by atoms with Crippen LogP contribution in [0.3, 0.4) is 0 Å². The highest BCUT2D eigenvalue weighted by Crippen LogP contribution is 2.24. The molecule has 0 aromatic heterocycles.